The summed E-state index contributed by atoms with van der Waals surface area (Å²) in [5.74, 6) is 0.0153. The van der Waals surface area contributed by atoms with Crippen molar-refractivity contribution in [3.05, 3.63) is 51.0 Å². The van der Waals surface area contributed by atoms with Gasteiger partial charge in [-0.15, -0.1) is 0 Å². The summed E-state index contributed by atoms with van der Waals surface area (Å²) in [5, 5.41) is 12.0. The fraction of sp³-hybridized carbons (Fsp3) is 0.577. The van der Waals surface area contributed by atoms with Gasteiger partial charge in [0.15, 0.2) is 0 Å². The van der Waals surface area contributed by atoms with Gasteiger partial charge in [-0.3, -0.25) is 15.0 Å². The van der Waals surface area contributed by atoms with Crippen molar-refractivity contribution < 1.29 is 23.6 Å². The third-order valence-electron chi connectivity index (χ3n) is 6.83. The summed E-state index contributed by atoms with van der Waals surface area (Å²) < 4.78 is 26.4. The van der Waals surface area contributed by atoms with E-state index < -0.39 is 28.1 Å². The van der Waals surface area contributed by atoms with Gasteiger partial charge in [0.05, 0.1) is 18.1 Å². The first kappa shape index (κ1) is 26.7. The molecule has 3 aliphatic heterocycles. The monoisotopic (exact) mass is 515 g/mol. The van der Waals surface area contributed by atoms with Crippen LogP contribution in [0.15, 0.2) is 18.2 Å². The first-order valence-corrected chi connectivity index (χ1v) is 12.6. The Kier molecular flexibility index (Phi) is 7.63. The van der Waals surface area contributed by atoms with Crippen molar-refractivity contribution in [2.45, 2.75) is 65.5 Å². The Labute approximate surface area is 215 Å². The molecule has 3 fully saturated rings. The zero-order chi connectivity index (χ0) is 26.9. The van der Waals surface area contributed by atoms with Crippen LogP contribution in [0.4, 0.5) is 20.7 Å². The van der Waals surface area contributed by atoms with Gasteiger partial charge in [0, 0.05) is 12.1 Å². The number of benzene rings is 1. The Bertz CT molecular complexity index is 1180. The zero-order valence-electron chi connectivity index (χ0n) is 22.0. The first-order valence-electron chi connectivity index (χ1n) is 12.6. The number of amides is 1. The van der Waals surface area contributed by atoms with Gasteiger partial charge in [0.1, 0.15) is 17.1 Å². The average molecular weight is 516 g/mol. The number of carbonyl (C=O) groups excluding carboxylic acids is 1. The Balaban J connectivity index is 1.72. The predicted molar refractivity (Wildman–Crippen MR) is 135 cm³/mol. The number of piperidine rings is 3. The quantitative estimate of drug-likeness (QED) is 0.375. The topological polar surface area (TPSA) is 111 Å². The number of rotatable bonds is 7. The van der Waals surface area contributed by atoms with E-state index in [0.717, 1.165) is 42.9 Å². The highest BCUT2D eigenvalue weighted by molar-refractivity contribution is 5.89. The van der Waals surface area contributed by atoms with Gasteiger partial charge in [-0.2, -0.15) is 9.97 Å². The molecule has 2 bridgehead atoms. The van der Waals surface area contributed by atoms with E-state index in [-0.39, 0.29) is 42.2 Å². The molecule has 1 atom stereocenters. The average Bonchev–Trinajstić information content (AvgIpc) is 2.82. The number of hydrogen-bond acceptors (Lipinski definition) is 8. The number of aryl methyl sites for hydroxylation is 1. The van der Waals surface area contributed by atoms with Crippen LogP contribution in [0.5, 0.6) is 6.01 Å². The number of halogens is 1. The lowest BCUT2D eigenvalue weighted by molar-refractivity contribution is -0.385. The summed E-state index contributed by atoms with van der Waals surface area (Å²) in [5.41, 5.74) is -0.224. The number of aromatic nitrogens is 2. The lowest BCUT2D eigenvalue weighted by Gasteiger charge is -2.45. The molecule has 1 amide bonds. The summed E-state index contributed by atoms with van der Waals surface area (Å²) in [7, 11) is 0. The molecular formula is C26H34FN5O5. The predicted octanol–water partition coefficient (Wildman–Crippen LogP) is 4.98. The van der Waals surface area contributed by atoms with Crippen molar-refractivity contribution in [2.24, 2.45) is 5.92 Å². The molecule has 37 heavy (non-hydrogen) atoms. The lowest BCUT2D eigenvalue weighted by atomic mass is 9.75. The second-order valence-electron chi connectivity index (χ2n) is 10.6. The number of fused-ring (bicyclic) bond motifs is 3. The van der Waals surface area contributed by atoms with Crippen molar-refractivity contribution in [2.75, 3.05) is 31.1 Å². The maximum Gasteiger partial charge on any atom is 0.416 e. The molecular weight excluding hydrogens is 481 g/mol. The molecule has 4 heterocycles. The number of nitro groups is 1. The molecule has 5 rings (SSSR count). The number of anilines is 1. The van der Waals surface area contributed by atoms with E-state index in [1.165, 1.54) is 13.0 Å². The maximum absolute atomic E-state index is 15.5. The second-order valence-corrected chi connectivity index (χ2v) is 10.6. The minimum absolute atomic E-state index is 0.0187. The van der Waals surface area contributed by atoms with Crippen LogP contribution >= 0.6 is 0 Å². The molecule has 0 N–H and O–H groups in total. The molecule has 200 valence electrons. The van der Waals surface area contributed by atoms with Crippen molar-refractivity contribution in [3.8, 4) is 6.01 Å². The fourth-order valence-corrected chi connectivity index (χ4v) is 5.10. The summed E-state index contributed by atoms with van der Waals surface area (Å²) in [6.45, 7) is 11.2. The minimum Gasteiger partial charge on any atom is -0.464 e. The van der Waals surface area contributed by atoms with Crippen molar-refractivity contribution in [1.82, 2.24) is 14.9 Å². The molecule has 2 aromatic rings. The summed E-state index contributed by atoms with van der Waals surface area (Å²) in [6, 6.07) is 4.94. The van der Waals surface area contributed by atoms with E-state index in [4.69, 9.17) is 9.47 Å². The largest absolute Gasteiger partial charge is 0.464 e. The van der Waals surface area contributed by atoms with Crippen LogP contribution in [-0.4, -0.2) is 57.7 Å². The molecule has 3 saturated heterocycles. The number of ether oxygens (including phenoxy) is 2. The molecule has 10 nitrogen and oxygen atoms in total. The Morgan fingerprint density at radius 1 is 1.27 bits per heavy atom. The molecule has 1 unspecified atom stereocenters. The Hall–Kier alpha value is -3.34. The minimum atomic E-state index is -0.896. The highest BCUT2D eigenvalue weighted by atomic mass is 19.1. The van der Waals surface area contributed by atoms with Gasteiger partial charge in [-0.25, -0.2) is 9.18 Å². The molecule has 0 spiro atoms. The van der Waals surface area contributed by atoms with Gasteiger partial charge >= 0.3 is 17.8 Å². The Morgan fingerprint density at radius 3 is 2.51 bits per heavy atom. The highest BCUT2D eigenvalue weighted by Gasteiger charge is 2.36. The molecule has 1 aromatic carbocycles. The maximum atomic E-state index is 15.5. The highest BCUT2D eigenvalue weighted by Crippen LogP contribution is 2.39. The molecule has 0 saturated carbocycles. The van der Waals surface area contributed by atoms with Crippen molar-refractivity contribution >= 4 is 17.6 Å². The third-order valence-corrected chi connectivity index (χ3v) is 6.83. The fourth-order valence-electron chi connectivity index (χ4n) is 5.10. The Morgan fingerprint density at radius 2 is 1.97 bits per heavy atom. The third kappa shape index (κ3) is 5.98. The molecule has 1 aromatic heterocycles. The summed E-state index contributed by atoms with van der Waals surface area (Å²) in [6.07, 6.45) is 1.33. The second kappa shape index (κ2) is 10.6. The van der Waals surface area contributed by atoms with Crippen LogP contribution in [0.25, 0.3) is 0 Å². The zero-order valence-corrected chi connectivity index (χ0v) is 22.0. The van der Waals surface area contributed by atoms with Crippen molar-refractivity contribution in [3.63, 3.8) is 0 Å². The first-order chi connectivity index (χ1) is 17.5. The standard InChI is InChI=1S/C26H34FN5O5/c1-6-36-24-28-16(2)22(32(34)35)23(29-24)31(25(33)37-26(3,4)5)14-19-8-7-18(13-21(19)27)20-15-30-11-9-17(20)10-12-30/h7-8,13,17,20H,6,9-12,14-15H2,1-5H3. The van der Waals surface area contributed by atoms with Gasteiger partial charge in [0.2, 0.25) is 5.82 Å². The normalized spacial score (nSPS) is 21.0. The van der Waals surface area contributed by atoms with Gasteiger partial charge < -0.3 is 14.4 Å². The van der Waals surface area contributed by atoms with Crippen LogP contribution in [0, 0.1) is 28.8 Å². The lowest BCUT2D eigenvalue weighted by Crippen LogP contribution is -2.46. The van der Waals surface area contributed by atoms with E-state index in [0.29, 0.717) is 5.92 Å². The van der Waals surface area contributed by atoms with Crippen LogP contribution in [0.3, 0.4) is 0 Å². The van der Waals surface area contributed by atoms with E-state index in [9.17, 15) is 14.9 Å². The molecule has 11 heteroatoms. The van der Waals surface area contributed by atoms with Crippen LogP contribution in [-0.2, 0) is 11.3 Å². The van der Waals surface area contributed by atoms with Gasteiger partial charge in [-0.1, -0.05) is 12.1 Å². The molecule has 0 aliphatic carbocycles. The van der Waals surface area contributed by atoms with Crippen LogP contribution in [0.2, 0.25) is 0 Å². The SMILES string of the molecule is CCOc1nc(C)c([N+](=O)[O-])c(N(Cc2ccc(C3CN4CCC3CC4)cc2F)C(=O)OC(C)(C)C)n1. The van der Waals surface area contributed by atoms with E-state index in [1.54, 1.807) is 33.8 Å². The summed E-state index contributed by atoms with van der Waals surface area (Å²) >= 11 is 0. The number of hydrogen-bond donors (Lipinski definition) is 0. The number of nitrogens with zero attached hydrogens (tertiary/aromatic N) is 5. The smallest absolute Gasteiger partial charge is 0.416 e. The van der Waals surface area contributed by atoms with Crippen LogP contribution in [0.1, 0.15) is 63.3 Å². The summed E-state index contributed by atoms with van der Waals surface area (Å²) in [4.78, 5) is 36.2. The van der Waals surface area contributed by atoms with Crippen LogP contribution < -0.4 is 9.64 Å². The van der Waals surface area contributed by atoms with E-state index in [2.05, 4.69) is 14.9 Å². The van der Waals surface area contributed by atoms with E-state index >= 15 is 4.39 Å². The number of carbonyl (C=O) groups is 1. The van der Waals surface area contributed by atoms with E-state index in [1.807, 2.05) is 6.07 Å². The van der Waals surface area contributed by atoms with Gasteiger partial charge in [-0.05, 0) is 84.0 Å². The van der Waals surface area contributed by atoms with Gasteiger partial charge in [0.25, 0.3) is 0 Å². The van der Waals surface area contributed by atoms with Crippen molar-refractivity contribution in [1.29, 1.82) is 0 Å². The molecule has 3 aliphatic rings. The molecule has 0 radical (unpaired) electrons.